The van der Waals surface area contributed by atoms with Crippen molar-refractivity contribution in [1.82, 2.24) is 0 Å². The highest BCUT2D eigenvalue weighted by Gasteiger charge is 2.33. The van der Waals surface area contributed by atoms with Gasteiger partial charge in [0.05, 0.1) is 0 Å². The van der Waals surface area contributed by atoms with Gasteiger partial charge in [-0.15, -0.1) is 0 Å². The second kappa shape index (κ2) is 0.494. The molecule has 2 aliphatic carbocycles. The average Bonchev–Trinajstić information content (AvgIpc) is 1.63. The first-order valence-corrected chi connectivity index (χ1v) is 2.28. The number of hydrogen-bond donors (Lipinski definition) is 0. The maximum absolute atomic E-state index is 2.24. The van der Waals surface area contributed by atoms with E-state index in [-0.39, 0.29) is 0 Å². The van der Waals surface area contributed by atoms with Gasteiger partial charge in [0.25, 0.3) is 0 Å². The van der Waals surface area contributed by atoms with E-state index in [9.17, 15) is 0 Å². The van der Waals surface area contributed by atoms with Crippen molar-refractivity contribution in [2.75, 3.05) is 0 Å². The lowest BCUT2D eigenvalue weighted by atomic mass is 10.1. The molecule has 0 aromatic carbocycles. The van der Waals surface area contributed by atoms with Crippen LogP contribution in [0.5, 0.6) is 0 Å². The minimum absolute atomic E-state index is 0.852. The topological polar surface area (TPSA) is 0 Å². The molecule has 0 spiro atoms. The van der Waals surface area contributed by atoms with Crippen molar-refractivity contribution in [2.45, 2.75) is 6.92 Å². The van der Waals surface area contributed by atoms with E-state index in [0.717, 1.165) is 5.92 Å². The highest BCUT2D eigenvalue weighted by Crippen LogP contribution is 2.47. The van der Waals surface area contributed by atoms with Gasteiger partial charge in [-0.25, -0.2) is 0 Å². The van der Waals surface area contributed by atoms with Crippen LogP contribution < -0.4 is 0 Å². The number of fused-ring (bicyclic) bond motifs is 1. The largest absolute Gasteiger partial charge is 0.0727 e. The molecule has 0 heterocycles. The molecule has 0 bridgehead atoms. The first-order valence-electron chi connectivity index (χ1n) is 2.28. The number of rotatable bonds is 0. The van der Waals surface area contributed by atoms with Crippen molar-refractivity contribution < 1.29 is 0 Å². The molecule has 30 valence electrons. The van der Waals surface area contributed by atoms with Gasteiger partial charge >= 0.3 is 0 Å². The SMILES string of the molecule is CC1=C2C=CC12. The fourth-order valence-corrected chi connectivity index (χ4v) is 0.941. The Hall–Kier alpha value is -0.520. The summed E-state index contributed by atoms with van der Waals surface area (Å²) in [7, 11) is 0. The zero-order valence-electron chi connectivity index (χ0n) is 3.73. The van der Waals surface area contributed by atoms with Crippen molar-refractivity contribution in [3.63, 3.8) is 0 Å². The molecule has 2 rings (SSSR count). The zero-order chi connectivity index (χ0) is 4.15. The zero-order valence-corrected chi connectivity index (χ0v) is 3.73. The normalized spacial score (nSPS) is 35.8. The fourth-order valence-electron chi connectivity index (χ4n) is 0.941. The predicted octanol–water partition coefficient (Wildman–Crippen LogP) is 1.50. The summed E-state index contributed by atoms with van der Waals surface area (Å²) in [6.07, 6.45) is 4.44. The summed E-state index contributed by atoms with van der Waals surface area (Å²) in [5.41, 5.74) is 3.19. The van der Waals surface area contributed by atoms with E-state index in [0.29, 0.717) is 0 Å². The standard InChI is InChI=1S/C6H6/c1-4-5-2-3-6(4)5/h2-3,5H,1H3. The number of hydrogen-bond acceptors (Lipinski definition) is 0. The highest BCUT2D eigenvalue weighted by molar-refractivity contribution is 5.59. The molecule has 6 heavy (non-hydrogen) atoms. The quantitative estimate of drug-likeness (QED) is 0.412. The van der Waals surface area contributed by atoms with Gasteiger partial charge < -0.3 is 0 Å². The molecule has 0 aromatic heterocycles. The molecule has 0 radical (unpaired) electrons. The first kappa shape index (κ1) is 2.62. The lowest BCUT2D eigenvalue weighted by molar-refractivity contribution is 1.09. The maximum Gasteiger partial charge on any atom is 0.0234 e. The molecule has 0 nitrogen and oxygen atoms in total. The molecule has 0 N–H and O–H groups in total. The summed E-state index contributed by atoms with van der Waals surface area (Å²) >= 11 is 0. The van der Waals surface area contributed by atoms with Gasteiger partial charge in [0.1, 0.15) is 0 Å². The van der Waals surface area contributed by atoms with Gasteiger partial charge in [0.2, 0.25) is 0 Å². The molecule has 0 aromatic rings. The van der Waals surface area contributed by atoms with Crippen molar-refractivity contribution in [3.8, 4) is 0 Å². The summed E-state index contributed by atoms with van der Waals surface area (Å²) in [4.78, 5) is 0. The van der Waals surface area contributed by atoms with E-state index < -0.39 is 0 Å². The van der Waals surface area contributed by atoms with Gasteiger partial charge in [-0.1, -0.05) is 17.7 Å². The second-order valence-electron chi connectivity index (χ2n) is 1.98. The molecular formula is C6H6. The Morgan fingerprint density at radius 2 is 2.33 bits per heavy atom. The Morgan fingerprint density at radius 3 is 2.33 bits per heavy atom. The van der Waals surface area contributed by atoms with Gasteiger partial charge in [-0.3, -0.25) is 0 Å². The summed E-state index contributed by atoms with van der Waals surface area (Å²) in [5.74, 6) is 0.852. The van der Waals surface area contributed by atoms with Crippen molar-refractivity contribution in [3.05, 3.63) is 23.3 Å². The Labute approximate surface area is 37.2 Å². The third-order valence-electron chi connectivity index (χ3n) is 1.64. The van der Waals surface area contributed by atoms with Crippen LogP contribution in [0.25, 0.3) is 0 Å². The smallest absolute Gasteiger partial charge is 0.0234 e. The van der Waals surface area contributed by atoms with E-state index in [1.807, 2.05) is 0 Å². The summed E-state index contributed by atoms with van der Waals surface area (Å²) in [5, 5.41) is 0. The fraction of sp³-hybridized carbons (Fsp3) is 0.333. The van der Waals surface area contributed by atoms with Gasteiger partial charge in [0, 0.05) is 5.92 Å². The molecule has 2 aliphatic rings. The van der Waals surface area contributed by atoms with Crippen LogP contribution in [0.4, 0.5) is 0 Å². The van der Waals surface area contributed by atoms with E-state index in [1.54, 1.807) is 11.1 Å². The molecule has 0 saturated carbocycles. The Kier molecular flexibility index (Phi) is 0.216. The monoisotopic (exact) mass is 78.0 g/mol. The number of allylic oxidation sites excluding steroid dienone is 4. The van der Waals surface area contributed by atoms with Crippen molar-refractivity contribution in [1.29, 1.82) is 0 Å². The van der Waals surface area contributed by atoms with Crippen LogP contribution in [-0.2, 0) is 0 Å². The second-order valence-corrected chi connectivity index (χ2v) is 1.98. The van der Waals surface area contributed by atoms with Crippen LogP contribution in [0, 0.1) is 5.92 Å². The molecular weight excluding hydrogens is 72.1 g/mol. The average molecular weight is 78.1 g/mol. The van der Waals surface area contributed by atoms with Gasteiger partial charge in [0.15, 0.2) is 0 Å². The van der Waals surface area contributed by atoms with Crippen LogP contribution >= 0.6 is 0 Å². The predicted molar refractivity (Wildman–Crippen MR) is 25.3 cm³/mol. The molecule has 0 amide bonds. The summed E-state index contributed by atoms with van der Waals surface area (Å²) in [6, 6.07) is 0. The van der Waals surface area contributed by atoms with Gasteiger partial charge in [-0.2, -0.15) is 0 Å². The Bertz CT molecular complexity index is 149. The highest BCUT2D eigenvalue weighted by atomic mass is 14.4. The third-order valence-corrected chi connectivity index (χ3v) is 1.64. The minimum Gasteiger partial charge on any atom is -0.0727 e. The third kappa shape index (κ3) is 0.102. The molecule has 0 heteroatoms. The van der Waals surface area contributed by atoms with Crippen LogP contribution in [-0.4, -0.2) is 0 Å². The summed E-state index contributed by atoms with van der Waals surface area (Å²) in [6.45, 7) is 2.19. The van der Waals surface area contributed by atoms with E-state index >= 15 is 0 Å². The Morgan fingerprint density at radius 1 is 1.67 bits per heavy atom. The minimum atomic E-state index is 0.852. The van der Waals surface area contributed by atoms with Gasteiger partial charge in [-0.05, 0) is 12.5 Å². The lowest BCUT2D eigenvalue weighted by Gasteiger charge is -1.92. The maximum atomic E-state index is 2.24. The Balaban J connectivity index is 2.48. The van der Waals surface area contributed by atoms with Crippen LogP contribution in [0.15, 0.2) is 23.3 Å². The molecule has 0 fully saturated rings. The molecule has 0 aliphatic heterocycles. The van der Waals surface area contributed by atoms with Crippen LogP contribution in [0.2, 0.25) is 0 Å². The molecule has 1 unspecified atom stereocenters. The van der Waals surface area contributed by atoms with Crippen molar-refractivity contribution >= 4 is 0 Å². The van der Waals surface area contributed by atoms with Crippen molar-refractivity contribution in [2.24, 2.45) is 5.92 Å². The molecule has 0 saturated heterocycles. The molecule has 1 atom stereocenters. The van der Waals surface area contributed by atoms with E-state index in [2.05, 4.69) is 19.1 Å². The van der Waals surface area contributed by atoms with Crippen LogP contribution in [0.3, 0.4) is 0 Å². The first-order chi connectivity index (χ1) is 2.89. The van der Waals surface area contributed by atoms with Crippen LogP contribution in [0.1, 0.15) is 6.92 Å². The lowest BCUT2D eigenvalue weighted by Crippen LogP contribution is -1.80. The summed E-state index contributed by atoms with van der Waals surface area (Å²) < 4.78 is 0. The van der Waals surface area contributed by atoms with E-state index in [4.69, 9.17) is 0 Å². The van der Waals surface area contributed by atoms with E-state index in [1.165, 1.54) is 0 Å².